The monoisotopic (exact) mass is 422 g/mol. The lowest BCUT2D eigenvalue weighted by Gasteiger charge is -2.20. The summed E-state index contributed by atoms with van der Waals surface area (Å²) >= 11 is 1.37. The third kappa shape index (κ3) is 4.67. The van der Waals surface area contributed by atoms with Gasteiger partial charge in [0.25, 0.3) is 0 Å². The van der Waals surface area contributed by atoms with E-state index < -0.39 is 0 Å². The summed E-state index contributed by atoms with van der Waals surface area (Å²) in [5.41, 5.74) is 4.94. The first-order valence-corrected chi connectivity index (χ1v) is 11.2. The fraction of sp³-hybridized carbons (Fsp3) is 0.348. The van der Waals surface area contributed by atoms with Crippen LogP contribution in [0.5, 0.6) is 5.75 Å². The molecule has 3 aromatic rings. The van der Waals surface area contributed by atoms with Crippen LogP contribution in [-0.2, 0) is 17.6 Å². The SMILES string of the molecule is COc1cccc(-n2cnnc2SCC(=O)N[C@@H](C)c2ccc3c(c2)CCCC3)c1. The van der Waals surface area contributed by atoms with E-state index in [1.807, 2.05) is 35.8 Å². The van der Waals surface area contributed by atoms with Gasteiger partial charge in [0.2, 0.25) is 5.91 Å². The summed E-state index contributed by atoms with van der Waals surface area (Å²) in [7, 11) is 1.63. The third-order valence-corrected chi connectivity index (χ3v) is 6.37. The van der Waals surface area contributed by atoms with E-state index in [0.29, 0.717) is 5.16 Å². The zero-order chi connectivity index (χ0) is 20.9. The summed E-state index contributed by atoms with van der Waals surface area (Å²) in [4.78, 5) is 12.5. The van der Waals surface area contributed by atoms with Crippen LogP contribution in [0.15, 0.2) is 53.9 Å². The van der Waals surface area contributed by atoms with Gasteiger partial charge in [-0.05, 0) is 61.4 Å². The molecule has 1 aromatic heterocycles. The van der Waals surface area contributed by atoms with Crippen molar-refractivity contribution in [3.8, 4) is 11.4 Å². The average Bonchev–Trinajstić information content (AvgIpc) is 3.26. The quantitative estimate of drug-likeness (QED) is 0.580. The van der Waals surface area contributed by atoms with Crippen LogP contribution < -0.4 is 10.1 Å². The van der Waals surface area contributed by atoms with Crippen molar-refractivity contribution in [1.82, 2.24) is 20.1 Å². The van der Waals surface area contributed by atoms with E-state index >= 15 is 0 Å². The first-order chi connectivity index (χ1) is 14.6. The largest absolute Gasteiger partial charge is 0.497 e. The van der Waals surface area contributed by atoms with Crippen molar-refractivity contribution < 1.29 is 9.53 Å². The predicted octanol–water partition coefficient (Wildman–Crippen LogP) is 4.12. The van der Waals surface area contributed by atoms with Gasteiger partial charge >= 0.3 is 0 Å². The molecule has 0 saturated heterocycles. The Hall–Kier alpha value is -2.80. The number of thioether (sulfide) groups is 1. The van der Waals surface area contributed by atoms with E-state index in [-0.39, 0.29) is 17.7 Å². The van der Waals surface area contributed by atoms with E-state index in [4.69, 9.17) is 4.74 Å². The second kappa shape index (κ2) is 9.34. The molecule has 0 spiro atoms. The molecule has 30 heavy (non-hydrogen) atoms. The van der Waals surface area contributed by atoms with Crippen molar-refractivity contribution in [3.05, 3.63) is 65.5 Å². The van der Waals surface area contributed by atoms with Gasteiger partial charge in [-0.2, -0.15) is 0 Å². The number of methoxy groups -OCH3 is 1. The molecule has 2 aromatic carbocycles. The minimum absolute atomic E-state index is 0.0228. The molecular weight excluding hydrogens is 396 g/mol. The van der Waals surface area contributed by atoms with E-state index in [0.717, 1.165) is 23.4 Å². The summed E-state index contributed by atoms with van der Waals surface area (Å²) in [5.74, 6) is 1.01. The maximum absolute atomic E-state index is 12.5. The Bertz CT molecular complexity index is 1030. The molecular formula is C23H26N4O2S. The maximum atomic E-state index is 12.5. The second-order valence-corrected chi connectivity index (χ2v) is 8.44. The van der Waals surface area contributed by atoms with Crippen molar-refractivity contribution >= 4 is 17.7 Å². The number of nitrogens with one attached hydrogen (secondary N) is 1. The van der Waals surface area contributed by atoms with Crippen LogP contribution in [0.25, 0.3) is 5.69 Å². The molecule has 0 fully saturated rings. The number of carbonyl (C=O) groups excluding carboxylic acids is 1. The molecule has 4 rings (SSSR count). The van der Waals surface area contributed by atoms with Gasteiger partial charge in [-0.1, -0.05) is 36.0 Å². The van der Waals surface area contributed by atoms with Crippen molar-refractivity contribution in [3.63, 3.8) is 0 Å². The highest BCUT2D eigenvalue weighted by Gasteiger charge is 2.15. The fourth-order valence-corrected chi connectivity index (χ4v) is 4.52. The molecule has 156 valence electrons. The van der Waals surface area contributed by atoms with Crippen LogP contribution >= 0.6 is 11.8 Å². The van der Waals surface area contributed by atoms with Gasteiger partial charge < -0.3 is 10.1 Å². The van der Waals surface area contributed by atoms with E-state index in [1.54, 1.807) is 13.4 Å². The van der Waals surface area contributed by atoms with Crippen molar-refractivity contribution in [2.75, 3.05) is 12.9 Å². The number of benzene rings is 2. The summed E-state index contributed by atoms with van der Waals surface area (Å²) in [6.45, 7) is 2.03. The van der Waals surface area contributed by atoms with Crippen molar-refractivity contribution in [2.45, 2.75) is 43.8 Å². The van der Waals surface area contributed by atoms with Crippen LogP contribution in [0, 0.1) is 0 Å². The number of hydrogen-bond donors (Lipinski definition) is 1. The molecule has 0 radical (unpaired) electrons. The third-order valence-electron chi connectivity index (χ3n) is 5.43. The van der Waals surface area contributed by atoms with Gasteiger partial charge in [-0.3, -0.25) is 9.36 Å². The zero-order valence-electron chi connectivity index (χ0n) is 17.3. The number of aromatic nitrogens is 3. The lowest BCUT2D eigenvalue weighted by Crippen LogP contribution is -2.28. The average molecular weight is 423 g/mol. The summed E-state index contributed by atoms with van der Waals surface area (Å²) in [5, 5.41) is 11.9. The first kappa shape index (κ1) is 20.5. The van der Waals surface area contributed by atoms with Crippen LogP contribution in [0.4, 0.5) is 0 Å². The molecule has 1 N–H and O–H groups in total. The molecule has 7 heteroatoms. The highest BCUT2D eigenvalue weighted by molar-refractivity contribution is 7.99. The number of ether oxygens (including phenoxy) is 1. The molecule has 1 atom stereocenters. The van der Waals surface area contributed by atoms with Gasteiger partial charge in [0.1, 0.15) is 12.1 Å². The lowest BCUT2D eigenvalue weighted by molar-refractivity contribution is -0.119. The Kier molecular flexibility index (Phi) is 6.38. The molecule has 0 unspecified atom stereocenters. The van der Waals surface area contributed by atoms with E-state index in [1.165, 1.54) is 42.2 Å². The molecule has 1 aliphatic rings. The standard InChI is InChI=1S/C23H26N4O2S/c1-16(18-11-10-17-6-3-4-7-19(17)12-18)25-22(28)14-30-23-26-24-15-27(23)20-8-5-9-21(13-20)29-2/h5,8-13,15-16H,3-4,6-7,14H2,1-2H3,(H,25,28)/t16-/m0/s1. The highest BCUT2D eigenvalue weighted by Crippen LogP contribution is 2.25. The van der Waals surface area contributed by atoms with Crippen molar-refractivity contribution in [1.29, 1.82) is 0 Å². The van der Waals surface area contributed by atoms with E-state index in [2.05, 4.69) is 33.7 Å². The number of fused-ring (bicyclic) bond motifs is 1. The summed E-state index contributed by atoms with van der Waals surface area (Å²) < 4.78 is 7.14. The minimum atomic E-state index is -0.0263. The van der Waals surface area contributed by atoms with Gasteiger partial charge in [0, 0.05) is 6.07 Å². The zero-order valence-corrected chi connectivity index (χ0v) is 18.1. The molecule has 1 aliphatic carbocycles. The Balaban J connectivity index is 1.37. The number of amides is 1. The van der Waals surface area contributed by atoms with Crippen LogP contribution in [0.1, 0.15) is 42.5 Å². The normalized spacial score (nSPS) is 14.1. The Labute approximate surface area is 181 Å². The van der Waals surface area contributed by atoms with Gasteiger partial charge in [-0.15, -0.1) is 10.2 Å². The predicted molar refractivity (Wildman–Crippen MR) is 118 cm³/mol. The summed E-state index contributed by atoms with van der Waals surface area (Å²) in [6.07, 6.45) is 6.48. The number of nitrogens with zero attached hydrogens (tertiary/aromatic N) is 3. The van der Waals surface area contributed by atoms with Gasteiger partial charge in [-0.25, -0.2) is 0 Å². The smallest absolute Gasteiger partial charge is 0.230 e. The van der Waals surface area contributed by atoms with Crippen LogP contribution in [-0.4, -0.2) is 33.5 Å². The number of hydrogen-bond acceptors (Lipinski definition) is 5. The molecule has 0 aliphatic heterocycles. The number of aryl methyl sites for hydroxylation is 2. The Morgan fingerprint density at radius 2 is 2.03 bits per heavy atom. The van der Waals surface area contributed by atoms with E-state index in [9.17, 15) is 4.79 Å². The lowest BCUT2D eigenvalue weighted by atomic mass is 9.89. The summed E-state index contributed by atoms with van der Waals surface area (Å²) in [6, 6.07) is 14.2. The second-order valence-electron chi connectivity index (χ2n) is 7.50. The first-order valence-electron chi connectivity index (χ1n) is 10.2. The topological polar surface area (TPSA) is 69.0 Å². The van der Waals surface area contributed by atoms with Gasteiger partial charge in [0.05, 0.1) is 24.6 Å². The number of rotatable bonds is 7. The van der Waals surface area contributed by atoms with Gasteiger partial charge in [0.15, 0.2) is 5.16 Å². The molecule has 0 bridgehead atoms. The van der Waals surface area contributed by atoms with Crippen molar-refractivity contribution in [2.24, 2.45) is 0 Å². The highest BCUT2D eigenvalue weighted by atomic mass is 32.2. The molecule has 6 nitrogen and oxygen atoms in total. The van der Waals surface area contributed by atoms with Crippen LogP contribution in [0.3, 0.4) is 0 Å². The molecule has 1 amide bonds. The minimum Gasteiger partial charge on any atom is -0.497 e. The Morgan fingerprint density at radius 1 is 1.20 bits per heavy atom. The maximum Gasteiger partial charge on any atom is 0.230 e. The fourth-order valence-electron chi connectivity index (χ4n) is 3.78. The Morgan fingerprint density at radius 3 is 2.87 bits per heavy atom. The molecule has 1 heterocycles. The van der Waals surface area contributed by atoms with Crippen LogP contribution in [0.2, 0.25) is 0 Å². The number of carbonyl (C=O) groups is 1. The molecule has 0 saturated carbocycles.